The molecular weight excluding hydrogens is 662 g/mol. The fourth-order valence-electron chi connectivity index (χ4n) is 4.65. The Morgan fingerprint density at radius 1 is 0.478 bits per heavy atom. The molecule has 0 aliphatic heterocycles. The van der Waals surface area contributed by atoms with Crippen molar-refractivity contribution < 1.29 is 9.59 Å². The number of carbonyl (C=O) groups is 2. The van der Waals surface area contributed by atoms with Crippen LogP contribution in [0.15, 0.2) is 107 Å². The van der Waals surface area contributed by atoms with E-state index in [9.17, 15) is 9.59 Å². The molecule has 0 unspecified atom stereocenters. The first kappa shape index (κ1) is 35.2. The molecule has 4 rings (SSSR count). The smallest absolute Gasteiger partial charge is 0.233 e. The lowest BCUT2D eigenvalue weighted by Gasteiger charge is -2.22. The molecule has 0 aliphatic rings. The molecule has 10 heteroatoms. The summed E-state index contributed by atoms with van der Waals surface area (Å²) < 4.78 is 0. The molecule has 0 saturated heterocycles. The summed E-state index contributed by atoms with van der Waals surface area (Å²) in [6.07, 6.45) is 3.50. The van der Waals surface area contributed by atoms with E-state index in [-0.39, 0.29) is 0 Å². The van der Waals surface area contributed by atoms with Gasteiger partial charge in [0.15, 0.2) is 0 Å². The molecule has 46 heavy (non-hydrogen) atoms. The minimum absolute atomic E-state index is 0.299. The standard InChI is InChI=1S/C36H34Cl4N4O2/c37-17-21-43(22-18-38)33-13-1-27(2-14-33)25-41-31-9-5-29(6-10-31)35(45)36(46)30-7-11-32(12-8-30)42-26-28-3-15-34(16-4-28)44(23-19-39)24-20-40/h1-16,25-26H,17-24H2. The monoisotopic (exact) mass is 694 g/mol. The Morgan fingerprint density at radius 3 is 1.07 bits per heavy atom. The number of Topliss-reactive ketones (excluding diaryl/α,β-unsaturated/α-hetero) is 2. The lowest BCUT2D eigenvalue weighted by atomic mass is 10.0. The molecule has 0 radical (unpaired) electrons. The van der Waals surface area contributed by atoms with E-state index < -0.39 is 11.6 Å². The highest BCUT2D eigenvalue weighted by Gasteiger charge is 2.18. The number of benzene rings is 4. The summed E-state index contributed by atoms with van der Waals surface area (Å²) in [7, 11) is 0. The van der Waals surface area contributed by atoms with Crippen LogP contribution in [-0.2, 0) is 0 Å². The zero-order chi connectivity index (χ0) is 32.7. The van der Waals surface area contributed by atoms with Crippen LogP contribution in [0, 0.1) is 0 Å². The Bertz CT molecular complexity index is 1470. The summed E-state index contributed by atoms with van der Waals surface area (Å²) >= 11 is 23.6. The molecule has 0 fully saturated rings. The predicted molar refractivity (Wildman–Crippen MR) is 196 cm³/mol. The zero-order valence-electron chi connectivity index (χ0n) is 25.2. The first-order chi connectivity index (χ1) is 22.4. The van der Waals surface area contributed by atoms with Gasteiger partial charge in [0.25, 0.3) is 0 Å². The van der Waals surface area contributed by atoms with Crippen LogP contribution in [0.5, 0.6) is 0 Å². The molecule has 4 aromatic rings. The van der Waals surface area contributed by atoms with Crippen LogP contribution in [-0.4, -0.2) is 73.7 Å². The largest absolute Gasteiger partial charge is 0.369 e. The zero-order valence-corrected chi connectivity index (χ0v) is 28.2. The number of rotatable bonds is 17. The van der Waals surface area contributed by atoms with Crippen LogP contribution in [0.2, 0.25) is 0 Å². The number of nitrogens with zero attached hydrogens (tertiary/aromatic N) is 4. The molecule has 0 atom stereocenters. The molecule has 6 nitrogen and oxygen atoms in total. The molecule has 0 saturated carbocycles. The molecule has 0 spiro atoms. The van der Waals surface area contributed by atoms with Crippen molar-refractivity contribution in [3.8, 4) is 0 Å². The van der Waals surface area contributed by atoms with Crippen LogP contribution in [0.3, 0.4) is 0 Å². The van der Waals surface area contributed by atoms with Crippen LogP contribution < -0.4 is 9.80 Å². The maximum atomic E-state index is 12.9. The normalized spacial score (nSPS) is 11.3. The van der Waals surface area contributed by atoms with E-state index in [2.05, 4.69) is 19.8 Å². The first-order valence-electron chi connectivity index (χ1n) is 14.8. The molecule has 0 bridgehead atoms. The van der Waals surface area contributed by atoms with Crippen LogP contribution in [0.25, 0.3) is 0 Å². The summed E-state index contributed by atoms with van der Waals surface area (Å²) in [4.78, 5) is 39.1. The molecule has 238 valence electrons. The molecule has 0 aromatic heterocycles. The fraction of sp³-hybridized carbons (Fsp3) is 0.222. The van der Waals surface area contributed by atoms with Crippen molar-refractivity contribution in [1.29, 1.82) is 0 Å². The third kappa shape index (κ3) is 10.2. The predicted octanol–water partition coefficient (Wildman–Crippen LogP) is 8.82. The Morgan fingerprint density at radius 2 is 0.783 bits per heavy atom. The summed E-state index contributed by atoms with van der Waals surface area (Å²) in [6.45, 7) is 2.88. The SMILES string of the molecule is O=C(C(=O)c1ccc(N=Cc2ccc(N(CCCl)CCCl)cc2)cc1)c1ccc(N=Cc2ccc(N(CCCl)CCCl)cc2)cc1. The van der Waals surface area contributed by atoms with Gasteiger partial charge in [0.2, 0.25) is 11.6 Å². The number of hydrogen-bond donors (Lipinski definition) is 0. The average molecular weight is 697 g/mol. The van der Waals surface area contributed by atoms with Crippen molar-refractivity contribution in [3.63, 3.8) is 0 Å². The van der Waals surface area contributed by atoms with E-state index in [4.69, 9.17) is 46.4 Å². The van der Waals surface area contributed by atoms with Gasteiger partial charge in [0.05, 0.1) is 11.4 Å². The second kappa shape index (κ2) is 18.5. The fourth-order valence-corrected chi connectivity index (χ4v) is 5.46. The summed E-state index contributed by atoms with van der Waals surface area (Å²) in [5, 5.41) is 0. The number of halogens is 4. The lowest BCUT2D eigenvalue weighted by molar-refractivity contribution is 0.0817. The van der Waals surface area contributed by atoms with Gasteiger partial charge >= 0.3 is 0 Å². The number of aliphatic imine (C=N–C) groups is 2. The minimum atomic E-state index is -0.585. The maximum Gasteiger partial charge on any atom is 0.233 e. The number of hydrogen-bond acceptors (Lipinski definition) is 6. The molecule has 4 aromatic carbocycles. The molecule has 0 amide bonds. The quantitative estimate of drug-likeness (QED) is 0.0479. The Hall–Kier alpha value is -3.68. The molecule has 0 heterocycles. The van der Waals surface area contributed by atoms with Crippen LogP contribution in [0.1, 0.15) is 31.8 Å². The van der Waals surface area contributed by atoms with E-state index in [0.29, 0.717) is 46.0 Å². The van der Waals surface area contributed by atoms with Gasteiger partial charge in [-0.2, -0.15) is 0 Å². The van der Waals surface area contributed by atoms with Crippen LogP contribution >= 0.6 is 46.4 Å². The maximum absolute atomic E-state index is 12.9. The van der Waals surface area contributed by atoms with E-state index in [1.807, 2.05) is 48.5 Å². The number of ketones is 2. The Kier molecular flexibility index (Phi) is 14.1. The topological polar surface area (TPSA) is 65.3 Å². The number of carbonyl (C=O) groups excluding carboxylic acids is 2. The lowest BCUT2D eigenvalue weighted by Crippen LogP contribution is -2.27. The number of anilines is 2. The van der Waals surface area contributed by atoms with E-state index in [1.165, 1.54) is 0 Å². The van der Waals surface area contributed by atoms with Crippen molar-refractivity contribution in [2.75, 3.05) is 59.5 Å². The first-order valence-corrected chi connectivity index (χ1v) is 16.9. The molecule has 0 aliphatic carbocycles. The average Bonchev–Trinajstić information content (AvgIpc) is 3.10. The van der Waals surface area contributed by atoms with Gasteiger partial charge in [-0.3, -0.25) is 19.6 Å². The van der Waals surface area contributed by atoms with Crippen molar-refractivity contribution in [3.05, 3.63) is 119 Å². The van der Waals surface area contributed by atoms with E-state index in [1.54, 1.807) is 61.0 Å². The van der Waals surface area contributed by atoms with Crippen molar-refractivity contribution >= 4 is 93.1 Å². The molecule has 0 N–H and O–H groups in total. The van der Waals surface area contributed by atoms with Gasteiger partial charge in [0, 0.05) is 84.6 Å². The Labute approximate surface area is 290 Å². The Balaban J connectivity index is 1.33. The third-order valence-electron chi connectivity index (χ3n) is 7.12. The molecular formula is C36H34Cl4N4O2. The third-order valence-corrected chi connectivity index (χ3v) is 7.80. The second-order valence-electron chi connectivity index (χ2n) is 10.2. The van der Waals surface area contributed by atoms with Gasteiger partial charge in [-0.1, -0.05) is 24.3 Å². The summed E-state index contributed by atoms with van der Waals surface area (Å²) in [5.74, 6) is 0.919. The highest BCUT2D eigenvalue weighted by atomic mass is 35.5. The van der Waals surface area contributed by atoms with Crippen molar-refractivity contribution in [2.24, 2.45) is 9.98 Å². The van der Waals surface area contributed by atoms with Gasteiger partial charge in [-0.15, -0.1) is 46.4 Å². The van der Waals surface area contributed by atoms with Gasteiger partial charge < -0.3 is 9.80 Å². The summed E-state index contributed by atoms with van der Waals surface area (Å²) in [5.41, 5.74) is 5.87. The van der Waals surface area contributed by atoms with E-state index >= 15 is 0 Å². The van der Waals surface area contributed by atoms with Gasteiger partial charge in [0.1, 0.15) is 0 Å². The minimum Gasteiger partial charge on any atom is -0.369 e. The van der Waals surface area contributed by atoms with Crippen molar-refractivity contribution in [1.82, 2.24) is 0 Å². The van der Waals surface area contributed by atoms with Crippen molar-refractivity contribution in [2.45, 2.75) is 0 Å². The van der Waals surface area contributed by atoms with Gasteiger partial charge in [-0.25, -0.2) is 0 Å². The highest BCUT2D eigenvalue weighted by molar-refractivity contribution is 6.49. The second-order valence-corrected chi connectivity index (χ2v) is 11.7. The van der Waals surface area contributed by atoms with Crippen LogP contribution in [0.4, 0.5) is 22.7 Å². The van der Waals surface area contributed by atoms with E-state index in [0.717, 1.165) is 48.7 Å². The summed E-state index contributed by atoms with van der Waals surface area (Å²) in [6, 6.07) is 29.2. The highest BCUT2D eigenvalue weighted by Crippen LogP contribution is 2.20. The number of alkyl halides is 4. The van der Waals surface area contributed by atoms with Gasteiger partial charge in [-0.05, 0) is 83.9 Å².